The van der Waals surface area contributed by atoms with Gasteiger partial charge in [-0.1, -0.05) is 19.3 Å². The van der Waals surface area contributed by atoms with Crippen LogP contribution in [0.2, 0.25) is 0 Å². The first kappa shape index (κ1) is 16.0. The highest BCUT2D eigenvalue weighted by Gasteiger charge is 2.30. The van der Waals surface area contributed by atoms with Gasteiger partial charge in [0, 0.05) is 37.1 Å². The lowest BCUT2D eigenvalue weighted by molar-refractivity contribution is -0.127. The van der Waals surface area contributed by atoms with E-state index in [0.29, 0.717) is 18.2 Å². The maximum absolute atomic E-state index is 12.5. The molecule has 2 heterocycles. The maximum atomic E-state index is 12.5. The van der Waals surface area contributed by atoms with Crippen molar-refractivity contribution in [3.8, 4) is 0 Å². The summed E-state index contributed by atoms with van der Waals surface area (Å²) in [4.78, 5) is 30.8. The Morgan fingerprint density at radius 3 is 2.52 bits per heavy atom. The minimum atomic E-state index is -0.0727. The second-order valence-corrected chi connectivity index (χ2v) is 6.67. The van der Waals surface area contributed by atoms with Gasteiger partial charge in [-0.3, -0.25) is 14.6 Å². The monoisotopic (exact) mass is 315 g/mol. The van der Waals surface area contributed by atoms with Crippen LogP contribution in [0.15, 0.2) is 24.5 Å². The maximum Gasteiger partial charge on any atom is 0.253 e. The van der Waals surface area contributed by atoms with Gasteiger partial charge in [-0.25, -0.2) is 0 Å². The molecule has 3 rings (SSSR count). The zero-order chi connectivity index (χ0) is 16.1. The summed E-state index contributed by atoms with van der Waals surface area (Å²) in [6.07, 6.45) is 10.9. The van der Waals surface area contributed by atoms with Crippen molar-refractivity contribution >= 4 is 11.8 Å². The summed E-state index contributed by atoms with van der Waals surface area (Å²) in [5.74, 6) is 0.0585. The van der Waals surface area contributed by atoms with Gasteiger partial charge in [-0.2, -0.15) is 0 Å². The first-order valence-corrected chi connectivity index (χ1v) is 8.74. The molecule has 2 aliphatic rings. The first-order chi connectivity index (χ1) is 11.2. The molecule has 1 saturated heterocycles. The lowest BCUT2D eigenvalue weighted by atomic mass is 9.93. The molecule has 1 aromatic heterocycles. The van der Waals surface area contributed by atoms with E-state index in [-0.39, 0.29) is 17.7 Å². The van der Waals surface area contributed by atoms with Crippen LogP contribution in [0.5, 0.6) is 0 Å². The summed E-state index contributed by atoms with van der Waals surface area (Å²) in [5.41, 5.74) is 0.647. The molecule has 1 atom stereocenters. The zero-order valence-electron chi connectivity index (χ0n) is 13.5. The lowest BCUT2D eigenvalue weighted by Gasteiger charge is -2.33. The molecule has 124 valence electrons. The highest BCUT2D eigenvalue weighted by molar-refractivity contribution is 5.94. The molecule has 0 spiro atoms. The second-order valence-electron chi connectivity index (χ2n) is 6.67. The Morgan fingerprint density at radius 2 is 1.78 bits per heavy atom. The average Bonchev–Trinajstić information content (AvgIpc) is 2.63. The van der Waals surface area contributed by atoms with Crippen molar-refractivity contribution in [3.63, 3.8) is 0 Å². The lowest BCUT2D eigenvalue weighted by Crippen LogP contribution is -2.47. The Labute approximate surface area is 137 Å². The SMILES string of the molecule is O=C(NC1CCCCC1)C1CCCN(C(=O)c2ccncc2)C1. The average molecular weight is 315 g/mol. The smallest absolute Gasteiger partial charge is 0.253 e. The fraction of sp³-hybridized carbons (Fsp3) is 0.611. The van der Waals surface area contributed by atoms with E-state index in [1.54, 1.807) is 24.5 Å². The van der Waals surface area contributed by atoms with Gasteiger partial charge in [-0.05, 0) is 37.8 Å². The van der Waals surface area contributed by atoms with Gasteiger partial charge in [0.15, 0.2) is 0 Å². The van der Waals surface area contributed by atoms with Crippen LogP contribution in [0.25, 0.3) is 0 Å². The van der Waals surface area contributed by atoms with E-state index < -0.39 is 0 Å². The van der Waals surface area contributed by atoms with Crippen LogP contribution in [0.3, 0.4) is 0 Å². The van der Waals surface area contributed by atoms with E-state index >= 15 is 0 Å². The summed E-state index contributed by atoms with van der Waals surface area (Å²) in [7, 11) is 0. The third-order valence-electron chi connectivity index (χ3n) is 4.96. The number of piperidine rings is 1. The van der Waals surface area contributed by atoms with Gasteiger partial charge in [-0.15, -0.1) is 0 Å². The van der Waals surface area contributed by atoms with E-state index in [4.69, 9.17) is 0 Å². The molecule has 0 aromatic carbocycles. The quantitative estimate of drug-likeness (QED) is 0.931. The van der Waals surface area contributed by atoms with Crippen LogP contribution in [-0.4, -0.2) is 40.8 Å². The summed E-state index contributed by atoms with van der Waals surface area (Å²) in [5, 5.41) is 3.20. The zero-order valence-corrected chi connectivity index (χ0v) is 13.5. The van der Waals surface area contributed by atoms with Crippen molar-refractivity contribution in [3.05, 3.63) is 30.1 Å². The van der Waals surface area contributed by atoms with Crippen LogP contribution in [-0.2, 0) is 4.79 Å². The van der Waals surface area contributed by atoms with Crippen molar-refractivity contribution < 1.29 is 9.59 Å². The Kier molecular flexibility index (Phi) is 5.26. The van der Waals surface area contributed by atoms with Crippen LogP contribution in [0.1, 0.15) is 55.3 Å². The van der Waals surface area contributed by atoms with Crippen molar-refractivity contribution in [1.29, 1.82) is 0 Å². The predicted molar refractivity (Wildman–Crippen MR) is 87.9 cm³/mol. The number of carbonyl (C=O) groups is 2. The number of amides is 2. The van der Waals surface area contributed by atoms with E-state index in [2.05, 4.69) is 10.3 Å². The summed E-state index contributed by atoms with van der Waals surface area (Å²) < 4.78 is 0. The number of pyridine rings is 1. The van der Waals surface area contributed by atoms with E-state index in [1.165, 1.54) is 19.3 Å². The first-order valence-electron chi connectivity index (χ1n) is 8.74. The minimum Gasteiger partial charge on any atom is -0.353 e. The summed E-state index contributed by atoms with van der Waals surface area (Å²) in [6.45, 7) is 1.26. The largest absolute Gasteiger partial charge is 0.353 e. The molecule has 1 aliphatic carbocycles. The molecule has 1 aliphatic heterocycles. The summed E-state index contributed by atoms with van der Waals surface area (Å²) >= 11 is 0. The van der Waals surface area contributed by atoms with Crippen molar-refractivity contribution in [1.82, 2.24) is 15.2 Å². The number of nitrogens with one attached hydrogen (secondary N) is 1. The van der Waals surface area contributed by atoms with Crippen molar-refractivity contribution in [2.45, 2.75) is 51.0 Å². The Balaban J connectivity index is 1.57. The van der Waals surface area contributed by atoms with Crippen LogP contribution >= 0.6 is 0 Å². The number of likely N-dealkylation sites (tertiary alicyclic amines) is 1. The molecule has 1 saturated carbocycles. The molecule has 1 aromatic rings. The van der Waals surface area contributed by atoms with Crippen LogP contribution in [0, 0.1) is 5.92 Å². The third-order valence-corrected chi connectivity index (χ3v) is 4.96. The van der Waals surface area contributed by atoms with E-state index in [1.807, 2.05) is 4.90 Å². The van der Waals surface area contributed by atoms with Gasteiger partial charge < -0.3 is 10.2 Å². The van der Waals surface area contributed by atoms with Crippen LogP contribution < -0.4 is 5.32 Å². The molecule has 0 bridgehead atoms. The highest BCUT2D eigenvalue weighted by Crippen LogP contribution is 2.21. The third kappa shape index (κ3) is 4.09. The number of rotatable bonds is 3. The molecule has 1 unspecified atom stereocenters. The number of hydrogen-bond donors (Lipinski definition) is 1. The van der Waals surface area contributed by atoms with Gasteiger partial charge in [0.2, 0.25) is 5.91 Å². The van der Waals surface area contributed by atoms with Crippen LogP contribution in [0.4, 0.5) is 0 Å². The second kappa shape index (κ2) is 7.57. The standard InChI is InChI=1S/C18H25N3O2/c22-17(20-16-6-2-1-3-7-16)15-5-4-12-21(13-15)18(23)14-8-10-19-11-9-14/h8-11,15-16H,1-7,12-13H2,(H,20,22). The van der Waals surface area contributed by atoms with E-state index in [9.17, 15) is 9.59 Å². The summed E-state index contributed by atoms with van der Waals surface area (Å²) in [6, 6.07) is 3.80. The highest BCUT2D eigenvalue weighted by atomic mass is 16.2. The molecule has 0 radical (unpaired) electrons. The van der Waals surface area contributed by atoms with E-state index in [0.717, 1.165) is 32.2 Å². The number of hydrogen-bond acceptors (Lipinski definition) is 3. The molecular formula is C18H25N3O2. The molecule has 1 N–H and O–H groups in total. The Morgan fingerprint density at radius 1 is 1.04 bits per heavy atom. The number of carbonyl (C=O) groups excluding carboxylic acids is 2. The van der Waals surface area contributed by atoms with Gasteiger partial charge in [0.1, 0.15) is 0 Å². The molecule has 2 fully saturated rings. The van der Waals surface area contributed by atoms with Crippen molar-refractivity contribution in [2.24, 2.45) is 5.92 Å². The fourth-order valence-electron chi connectivity index (χ4n) is 3.62. The normalized spacial score (nSPS) is 22.6. The van der Waals surface area contributed by atoms with Gasteiger partial charge >= 0.3 is 0 Å². The molecule has 2 amide bonds. The fourth-order valence-corrected chi connectivity index (χ4v) is 3.62. The topological polar surface area (TPSA) is 62.3 Å². The van der Waals surface area contributed by atoms with Crippen molar-refractivity contribution in [2.75, 3.05) is 13.1 Å². The molecule has 5 nitrogen and oxygen atoms in total. The van der Waals surface area contributed by atoms with Gasteiger partial charge in [0.05, 0.1) is 5.92 Å². The Hall–Kier alpha value is -1.91. The molecule has 5 heteroatoms. The van der Waals surface area contributed by atoms with Gasteiger partial charge in [0.25, 0.3) is 5.91 Å². The number of aromatic nitrogens is 1. The predicted octanol–water partition coefficient (Wildman–Crippen LogP) is 2.38. The minimum absolute atomic E-state index is 0.00238. The Bertz CT molecular complexity index is 540. The molecular weight excluding hydrogens is 290 g/mol. The molecule has 23 heavy (non-hydrogen) atoms. The number of nitrogens with zero attached hydrogens (tertiary/aromatic N) is 2.